The van der Waals surface area contributed by atoms with Gasteiger partial charge in [0.25, 0.3) is 0 Å². The second kappa shape index (κ2) is 4.02. The predicted octanol–water partition coefficient (Wildman–Crippen LogP) is 1.01. The zero-order valence-corrected chi connectivity index (χ0v) is 8.43. The molecule has 1 aromatic rings. The van der Waals surface area contributed by atoms with Crippen LogP contribution < -0.4 is 4.90 Å². The Labute approximate surface area is 80.1 Å². The van der Waals surface area contributed by atoms with Crippen molar-refractivity contribution >= 4 is 29.1 Å². The van der Waals surface area contributed by atoms with Crippen molar-refractivity contribution in [1.29, 1.82) is 0 Å². The van der Waals surface area contributed by atoms with Gasteiger partial charge in [-0.05, 0) is 6.92 Å². The van der Waals surface area contributed by atoms with Crippen LogP contribution in [0.1, 0.15) is 6.92 Å². The Bertz CT molecular complexity index is 253. The van der Waals surface area contributed by atoms with E-state index in [0.717, 1.165) is 11.7 Å². The summed E-state index contributed by atoms with van der Waals surface area (Å²) in [5, 5.41) is 9.47. The third-order valence-electron chi connectivity index (χ3n) is 1.33. The van der Waals surface area contributed by atoms with E-state index in [0.29, 0.717) is 17.5 Å². The van der Waals surface area contributed by atoms with Crippen molar-refractivity contribution in [2.45, 2.75) is 13.0 Å². The molecule has 1 heterocycles. The SMILES string of the molecule is CC(O)CN(C)c1nsnc1Cl. The quantitative estimate of drug-likeness (QED) is 0.804. The van der Waals surface area contributed by atoms with Crippen molar-refractivity contribution in [3.05, 3.63) is 5.15 Å². The summed E-state index contributed by atoms with van der Waals surface area (Å²) in [5.41, 5.74) is 0. The summed E-state index contributed by atoms with van der Waals surface area (Å²) in [7, 11) is 1.81. The Morgan fingerprint density at radius 2 is 2.33 bits per heavy atom. The topological polar surface area (TPSA) is 49.2 Å². The number of aromatic nitrogens is 2. The van der Waals surface area contributed by atoms with E-state index in [-0.39, 0.29) is 0 Å². The molecule has 0 saturated carbocycles. The fourth-order valence-corrected chi connectivity index (χ4v) is 1.71. The summed E-state index contributed by atoms with van der Waals surface area (Å²) in [6.45, 7) is 2.22. The highest BCUT2D eigenvalue weighted by molar-refractivity contribution is 6.99. The van der Waals surface area contributed by atoms with Crippen LogP contribution in [0.5, 0.6) is 0 Å². The molecule has 4 nitrogen and oxygen atoms in total. The second-order valence-electron chi connectivity index (χ2n) is 2.61. The van der Waals surface area contributed by atoms with Gasteiger partial charge in [0.05, 0.1) is 17.8 Å². The number of rotatable bonds is 3. The Morgan fingerprint density at radius 1 is 1.67 bits per heavy atom. The van der Waals surface area contributed by atoms with Crippen LogP contribution in [0.25, 0.3) is 0 Å². The Kier molecular flexibility index (Phi) is 3.25. The summed E-state index contributed by atoms with van der Waals surface area (Å²) in [4.78, 5) is 1.77. The molecule has 0 bridgehead atoms. The van der Waals surface area contributed by atoms with Crippen LogP contribution >= 0.6 is 23.3 Å². The first-order valence-electron chi connectivity index (χ1n) is 3.48. The van der Waals surface area contributed by atoms with Crippen molar-refractivity contribution in [2.75, 3.05) is 18.5 Å². The fourth-order valence-electron chi connectivity index (χ4n) is 0.883. The van der Waals surface area contributed by atoms with E-state index in [1.165, 1.54) is 0 Å². The van der Waals surface area contributed by atoms with Crippen molar-refractivity contribution < 1.29 is 5.11 Å². The molecule has 0 radical (unpaired) electrons. The van der Waals surface area contributed by atoms with Crippen molar-refractivity contribution in [3.63, 3.8) is 0 Å². The highest BCUT2D eigenvalue weighted by Crippen LogP contribution is 2.21. The van der Waals surface area contributed by atoms with E-state index >= 15 is 0 Å². The van der Waals surface area contributed by atoms with Crippen LogP contribution in [0.2, 0.25) is 5.15 Å². The molecule has 0 amide bonds. The summed E-state index contributed by atoms with van der Waals surface area (Å²) < 4.78 is 7.80. The van der Waals surface area contributed by atoms with Gasteiger partial charge >= 0.3 is 0 Å². The van der Waals surface area contributed by atoms with Crippen LogP contribution in [0.4, 0.5) is 5.82 Å². The van der Waals surface area contributed by atoms with E-state index in [4.69, 9.17) is 16.7 Å². The van der Waals surface area contributed by atoms with Crippen LogP contribution in [-0.4, -0.2) is 33.6 Å². The Morgan fingerprint density at radius 3 is 2.75 bits per heavy atom. The van der Waals surface area contributed by atoms with E-state index in [2.05, 4.69) is 8.75 Å². The van der Waals surface area contributed by atoms with E-state index in [9.17, 15) is 0 Å². The van der Waals surface area contributed by atoms with Gasteiger partial charge in [-0.3, -0.25) is 0 Å². The molecule has 12 heavy (non-hydrogen) atoms. The van der Waals surface area contributed by atoms with Gasteiger partial charge in [-0.15, -0.1) is 0 Å². The summed E-state index contributed by atoms with van der Waals surface area (Å²) >= 11 is 6.80. The number of aliphatic hydroxyl groups excluding tert-OH is 1. The third kappa shape index (κ3) is 2.30. The lowest BCUT2D eigenvalue weighted by Gasteiger charge is -2.17. The van der Waals surface area contributed by atoms with Gasteiger partial charge in [0, 0.05) is 13.6 Å². The molecule has 0 fully saturated rings. The second-order valence-corrected chi connectivity index (χ2v) is 3.49. The molecular weight excluding hydrogens is 198 g/mol. The van der Waals surface area contributed by atoms with E-state index in [1.54, 1.807) is 11.8 Å². The lowest BCUT2D eigenvalue weighted by molar-refractivity contribution is 0.201. The van der Waals surface area contributed by atoms with Gasteiger partial charge in [-0.1, -0.05) is 11.6 Å². The maximum Gasteiger partial charge on any atom is 0.187 e. The molecule has 0 aliphatic heterocycles. The number of aliphatic hydroxyl groups is 1. The van der Waals surface area contributed by atoms with E-state index in [1.807, 2.05) is 7.05 Å². The molecule has 0 aliphatic carbocycles. The molecule has 1 rings (SSSR count). The Balaban J connectivity index is 2.65. The minimum absolute atomic E-state index is 0.392. The largest absolute Gasteiger partial charge is 0.392 e. The van der Waals surface area contributed by atoms with Gasteiger partial charge in [0.15, 0.2) is 11.0 Å². The van der Waals surface area contributed by atoms with Crippen molar-refractivity contribution in [1.82, 2.24) is 8.75 Å². The summed E-state index contributed by atoms with van der Waals surface area (Å²) in [6, 6.07) is 0. The average molecular weight is 208 g/mol. The van der Waals surface area contributed by atoms with Gasteiger partial charge in [-0.2, -0.15) is 8.75 Å². The lowest BCUT2D eigenvalue weighted by Crippen LogP contribution is -2.27. The highest BCUT2D eigenvalue weighted by Gasteiger charge is 2.11. The van der Waals surface area contributed by atoms with Crippen LogP contribution in [0, 0.1) is 0 Å². The minimum atomic E-state index is -0.396. The maximum absolute atomic E-state index is 9.08. The number of nitrogens with zero attached hydrogens (tertiary/aromatic N) is 3. The van der Waals surface area contributed by atoms with Crippen molar-refractivity contribution in [3.8, 4) is 0 Å². The molecule has 0 saturated heterocycles. The Hall–Kier alpha value is -0.390. The normalized spacial score (nSPS) is 13.0. The third-order valence-corrected chi connectivity index (χ3v) is 2.21. The van der Waals surface area contributed by atoms with Crippen molar-refractivity contribution in [2.24, 2.45) is 0 Å². The smallest absolute Gasteiger partial charge is 0.187 e. The zero-order valence-electron chi connectivity index (χ0n) is 6.86. The summed E-state index contributed by atoms with van der Waals surface area (Å²) in [6.07, 6.45) is -0.396. The fraction of sp³-hybridized carbons (Fsp3) is 0.667. The minimum Gasteiger partial charge on any atom is -0.392 e. The first kappa shape index (κ1) is 9.70. The van der Waals surface area contributed by atoms with Crippen LogP contribution in [-0.2, 0) is 0 Å². The molecule has 6 heteroatoms. The number of likely N-dealkylation sites (N-methyl/N-ethyl adjacent to an activating group) is 1. The van der Waals surface area contributed by atoms with Gasteiger partial charge in [-0.25, -0.2) is 0 Å². The van der Waals surface area contributed by atoms with Gasteiger partial charge in [0.1, 0.15) is 0 Å². The first-order chi connectivity index (χ1) is 5.61. The molecule has 1 unspecified atom stereocenters. The molecule has 68 valence electrons. The number of halogens is 1. The lowest BCUT2D eigenvalue weighted by atomic mass is 10.4. The predicted molar refractivity (Wildman–Crippen MR) is 49.9 cm³/mol. The molecule has 0 aromatic carbocycles. The highest BCUT2D eigenvalue weighted by atomic mass is 35.5. The van der Waals surface area contributed by atoms with Crippen LogP contribution in [0.3, 0.4) is 0 Å². The van der Waals surface area contributed by atoms with Gasteiger partial charge < -0.3 is 10.0 Å². The maximum atomic E-state index is 9.08. The number of hydrogen-bond acceptors (Lipinski definition) is 5. The molecule has 0 spiro atoms. The zero-order chi connectivity index (χ0) is 9.14. The average Bonchev–Trinajstić information content (AvgIpc) is 2.33. The van der Waals surface area contributed by atoms with E-state index < -0.39 is 6.10 Å². The molecule has 0 aliphatic rings. The molecule has 1 N–H and O–H groups in total. The number of anilines is 1. The molecule has 1 atom stereocenters. The van der Waals surface area contributed by atoms with Crippen LogP contribution in [0.15, 0.2) is 0 Å². The van der Waals surface area contributed by atoms with Gasteiger partial charge in [0.2, 0.25) is 0 Å². The summed E-state index contributed by atoms with van der Waals surface area (Å²) in [5.74, 6) is 0.627. The monoisotopic (exact) mass is 207 g/mol. The molecule has 1 aromatic heterocycles. The number of hydrogen-bond donors (Lipinski definition) is 1. The first-order valence-corrected chi connectivity index (χ1v) is 4.59. The molecular formula is C6H10ClN3OS. The standard InChI is InChI=1S/C6H10ClN3OS/c1-4(11)3-10(2)6-5(7)8-12-9-6/h4,11H,3H2,1-2H3.